The molecule has 47 heavy (non-hydrogen) atoms. The molecule has 2 N–H and O–H groups in total. The van der Waals surface area contributed by atoms with Crippen LogP contribution in [0.2, 0.25) is 0 Å². The molecule has 0 spiro atoms. The Morgan fingerprint density at radius 1 is 1.26 bits per heavy atom. The zero-order valence-corrected chi connectivity index (χ0v) is 26.6. The van der Waals surface area contributed by atoms with Crippen molar-refractivity contribution in [1.29, 1.82) is 0 Å². The van der Waals surface area contributed by atoms with Gasteiger partial charge in [0.05, 0.1) is 36.8 Å². The first kappa shape index (κ1) is 33.7. The van der Waals surface area contributed by atoms with E-state index in [1.165, 1.54) is 29.5 Å². The minimum absolute atomic E-state index is 0.205. The number of ether oxygens (including phenoxy) is 2. The number of likely N-dealkylation sites (N-methyl/N-ethyl adjacent to an activating group) is 1. The molecule has 1 aliphatic rings. The van der Waals surface area contributed by atoms with Crippen molar-refractivity contribution < 1.29 is 31.8 Å². The van der Waals surface area contributed by atoms with E-state index >= 15 is 4.39 Å². The maximum absolute atomic E-state index is 15.4. The molecule has 0 saturated carbocycles. The van der Waals surface area contributed by atoms with Crippen LogP contribution in [0, 0.1) is 0 Å². The van der Waals surface area contributed by atoms with Gasteiger partial charge >= 0.3 is 5.92 Å². The van der Waals surface area contributed by atoms with Gasteiger partial charge in [-0.15, -0.1) is 11.3 Å². The van der Waals surface area contributed by atoms with Gasteiger partial charge < -0.3 is 14.8 Å². The predicted molar refractivity (Wildman–Crippen MR) is 173 cm³/mol. The molecule has 1 atom stereocenters. The number of alkyl halides is 2. The molecule has 0 saturated heterocycles. The van der Waals surface area contributed by atoms with E-state index < -0.39 is 30.2 Å². The number of methoxy groups -OCH3 is 1. The second-order valence-electron chi connectivity index (χ2n) is 10.9. The van der Waals surface area contributed by atoms with Crippen LogP contribution in [0.25, 0.3) is 38.8 Å². The zero-order valence-electron chi connectivity index (χ0n) is 25.8. The average Bonchev–Trinajstić information content (AvgIpc) is 3.71. The lowest BCUT2D eigenvalue weighted by atomic mass is 9.98. The Bertz CT molecular complexity index is 1880. The first-order chi connectivity index (χ1) is 22.5. The number of H-pyrrole nitrogens is 1. The molecule has 1 amide bonds. The Kier molecular flexibility index (Phi) is 10.3. The van der Waals surface area contributed by atoms with Crippen molar-refractivity contribution in [3.63, 3.8) is 0 Å². The number of carbonyl (C=O) groups excluding carboxylic acids is 1. The number of carbonyl (C=O) groups is 1. The van der Waals surface area contributed by atoms with Gasteiger partial charge in [0.25, 0.3) is 0 Å². The molecule has 9 nitrogen and oxygen atoms in total. The SMILES string of the molecule is C=CC(=O)N[C@H](C)c1cc(-c2nc(-c3cnc4c(c3)CN(C)CC4(F)F)c3ccsc3c2/C=C(F)/C=C(F)\C=C\OCCOC)n[nH]1. The number of amides is 1. The lowest BCUT2D eigenvalue weighted by Crippen LogP contribution is -2.38. The number of nitrogens with one attached hydrogen (secondary N) is 2. The summed E-state index contributed by atoms with van der Waals surface area (Å²) in [5.74, 6) is -5.29. The number of fused-ring (bicyclic) bond motifs is 2. The van der Waals surface area contributed by atoms with Crippen LogP contribution in [0.15, 0.2) is 72.5 Å². The van der Waals surface area contributed by atoms with E-state index in [1.54, 1.807) is 37.6 Å². The largest absolute Gasteiger partial charge is 0.499 e. The highest BCUT2D eigenvalue weighted by molar-refractivity contribution is 7.17. The Morgan fingerprint density at radius 3 is 2.83 bits per heavy atom. The van der Waals surface area contributed by atoms with Crippen molar-refractivity contribution in [1.82, 2.24) is 30.4 Å². The van der Waals surface area contributed by atoms with Crippen molar-refractivity contribution in [3.05, 3.63) is 95.0 Å². The maximum atomic E-state index is 15.4. The quantitative estimate of drug-likeness (QED) is 0.0552. The molecule has 0 aliphatic carbocycles. The summed E-state index contributed by atoms with van der Waals surface area (Å²) in [5, 5.41) is 12.4. The molecule has 0 radical (unpaired) electrons. The van der Waals surface area contributed by atoms with Crippen LogP contribution in [0.3, 0.4) is 0 Å². The topological polar surface area (TPSA) is 105 Å². The minimum atomic E-state index is -3.11. The van der Waals surface area contributed by atoms with Crippen LogP contribution in [0.4, 0.5) is 17.6 Å². The molecule has 246 valence electrons. The first-order valence-electron chi connectivity index (χ1n) is 14.5. The van der Waals surface area contributed by atoms with Crippen LogP contribution in [-0.2, 0) is 26.7 Å². The number of hydrogen-bond donors (Lipinski definition) is 2. The third-order valence-corrected chi connectivity index (χ3v) is 8.22. The van der Waals surface area contributed by atoms with Gasteiger partial charge in [-0.05, 0) is 55.3 Å². The number of allylic oxidation sites excluding steroid dienone is 4. The highest BCUT2D eigenvalue weighted by Gasteiger charge is 2.40. The van der Waals surface area contributed by atoms with Gasteiger partial charge in [-0.2, -0.15) is 13.9 Å². The fourth-order valence-electron chi connectivity index (χ4n) is 5.15. The second kappa shape index (κ2) is 14.4. The summed E-state index contributed by atoms with van der Waals surface area (Å²) < 4.78 is 70.0. The molecular weight excluding hydrogens is 636 g/mol. The van der Waals surface area contributed by atoms with E-state index in [0.717, 1.165) is 24.5 Å². The fraction of sp³-hybridized carbons (Fsp3) is 0.273. The zero-order chi connectivity index (χ0) is 33.7. The number of aromatic amines is 1. The number of halogens is 4. The van der Waals surface area contributed by atoms with Gasteiger partial charge in [0, 0.05) is 53.2 Å². The van der Waals surface area contributed by atoms with Gasteiger partial charge in [-0.1, -0.05) is 6.58 Å². The van der Waals surface area contributed by atoms with Gasteiger partial charge in [0.15, 0.2) is 0 Å². The molecule has 5 heterocycles. The smallest absolute Gasteiger partial charge is 0.302 e. The Labute approximate surface area is 272 Å². The van der Waals surface area contributed by atoms with Crippen LogP contribution in [0.5, 0.6) is 0 Å². The summed E-state index contributed by atoms with van der Waals surface area (Å²) in [7, 11) is 3.12. The summed E-state index contributed by atoms with van der Waals surface area (Å²) in [6.45, 7) is 5.56. The summed E-state index contributed by atoms with van der Waals surface area (Å²) in [6.07, 6.45) is 6.46. The van der Waals surface area contributed by atoms with E-state index in [9.17, 15) is 18.0 Å². The Balaban J connectivity index is 1.63. The van der Waals surface area contributed by atoms with Crippen LogP contribution < -0.4 is 5.32 Å². The molecule has 0 unspecified atom stereocenters. The number of aromatic nitrogens is 4. The Morgan fingerprint density at radius 2 is 2.06 bits per heavy atom. The first-order valence-corrected chi connectivity index (χ1v) is 15.4. The van der Waals surface area contributed by atoms with Crippen molar-refractivity contribution in [2.45, 2.75) is 25.4 Å². The standard InChI is InChI=1S/C33H32F4N6O3S/c1-5-28(44)39-19(2)26-15-27(42-41-26)30-25(14-23(35)13-22(34)6-8-46-10-9-45-4)31-24(7-11-47-31)29(40-30)20-12-21-17-43(3)18-33(36,37)32(21)38-16-20/h5-8,11-16,19H,1,9-10,17-18H2,2-4H3,(H,39,44)(H,41,42)/b8-6+,22-13+,23-14-/t19-/m1/s1. The van der Waals surface area contributed by atoms with Crippen molar-refractivity contribution >= 4 is 33.4 Å². The fourth-order valence-corrected chi connectivity index (χ4v) is 6.06. The molecule has 4 aromatic heterocycles. The predicted octanol–water partition coefficient (Wildman–Crippen LogP) is 6.99. The van der Waals surface area contributed by atoms with Gasteiger partial charge in [0.2, 0.25) is 5.91 Å². The van der Waals surface area contributed by atoms with E-state index in [0.29, 0.717) is 56.5 Å². The molecule has 14 heteroatoms. The summed E-state index contributed by atoms with van der Waals surface area (Å²) in [4.78, 5) is 22.5. The molecule has 0 aromatic carbocycles. The third-order valence-electron chi connectivity index (χ3n) is 7.28. The second-order valence-corrected chi connectivity index (χ2v) is 11.8. The van der Waals surface area contributed by atoms with Crippen LogP contribution in [0.1, 0.15) is 35.5 Å². The highest BCUT2D eigenvalue weighted by Crippen LogP contribution is 2.41. The van der Waals surface area contributed by atoms with Crippen molar-refractivity contribution in [2.75, 3.05) is 33.9 Å². The van der Waals surface area contributed by atoms with Gasteiger partial charge in [-0.3, -0.25) is 19.8 Å². The van der Waals surface area contributed by atoms with Gasteiger partial charge in [0.1, 0.15) is 35.3 Å². The molecular formula is C33H32F4N6O3S. The summed E-state index contributed by atoms with van der Waals surface area (Å²) in [6, 6.07) is 4.61. The monoisotopic (exact) mass is 668 g/mol. The number of hydrogen-bond acceptors (Lipinski definition) is 8. The minimum Gasteiger partial charge on any atom is -0.499 e. The third kappa shape index (κ3) is 7.67. The lowest BCUT2D eigenvalue weighted by Gasteiger charge is -2.31. The summed E-state index contributed by atoms with van der Waals surface area (Å²) in [5.41, 5.74) is 2.41. The Hall–Kier alpha value is -4.66. The van der Waals surface area contributed by atoms with Gasteiger partial charge in [-0.25, -0.2) is 13.8 Å². The van der Waals surface area contributed by atoms with E-state index in [2.05, 4.69) is 27.1 Å². The number of pyridine rings is 2. The lowest BCUT2D eigenvalue weighted by molar-refractivity contribution is -0.117. The molecule has 0 bridgehead atoms. The van der Waals surface area contributed by atoms with Crippen molar-refractivity contribution in [2.24, 2.45) is 0 Å². The molecule has 0 fully saturated rings. The van der Waals surface area contributed by atoms with E-state index in [1.807, 2.05) is 0 Å². The van der Waals surface area contributed by atoms with Crippen LogP contribution >= 0.6 is 11.3 Å². The van der Waals surface area contributed by atoms with E-state index in [-0.39, 0.29) is 30.4 Å². The highest BCUT2D eigenvalue weighted by atomic mass is 32.1. The normalized spacial score (nSPS) is 16.0. The molecule has 1 aliphatic heterocycles. The number of nitrogens with zero attached hydrogens (tertiary/aromatic N) is 4. The molecule has 5 rings (SSSR count). The average molecular weight is 669 g/mol. The molecule has 4 aromatic rings. The number of thiophene rings is 1. The van der Waals surface area contributed by atoms with Crippen LogP contribution in [-0.4, -0.2) is 64.9 Å². The summed E-state index contributed by atoms with van der Waals surface area (Å²) >= 11 is 1.30. The van der Waals surface area contributed by atoms with Crippen molar-refractivity contribution in [3.8, 4) is 22.6 Å². The van der Waals surface area contributed by atoms with E-state index in [4.69, 9.17) is 14.5 Å². The maximum Gasteiger partial charge on any atom is 0.302 e. The number of rotatable bonds is 12.